The summed E-state index contributed by atoms with van der Waals surface area (Å²) in [6, 6.07) is 5.62. The number of para-hydroxylation sites is 1. The fourth-order valence-electron chi connectivity index (χ4n) is 1.91. The molecule has 0 heterocycles. The fraction of sp³-hybridized carbons (Fsp3) is 0.600. The molecule has 0 radical (unpaired) electrons. The minimum atomic E-state index is -4.30. The van der Waals surface area contributed by atoms with Gasteiger partial charge in [0, 0.05) is 10.9 Å². The third kappa shape index (κ3) is 6.07. The maximum atomic E-state index is 12.8. The Kier molecular flexibility index (Phi) is 7.27. The summed E-state index contributed by atoms with van der Waals surface area (Å²) in [4.78, 5) is 0. The zero-order valence-corrected chi connectivity index (χ0v) is 12.8. The first-order valence-corrected chi connectivity index (χ1v) is 8.01. The number of hydrogen-bond acceptors (Lipinski definition) is 2. The van der Waals surface area contributed by atoms with Gasteiger partial charge in [-0.05, 0) is 18.6 Å². The van der Waals surface area contributed by atoms with E-state index in [-0.39, 0.29) is 5.69 Å². The number of benzene rings is 1. The van der Waals surface area contributed by atoms with E-state index in [0.717, 1.165) is 12.5 Å². The Balaban J connectivity index is 2.42. The lowest BCUT2D eigenvalue weighted by atomic mass is 10.2. The molecule has 0 aliphatic heterocycles. The molecule has 20 heavy (non-hydrogen) atoms. The summed E-state index contributed by atoms with van der Waals surface area (Å²) in [7, 11) is 0. The molecule has 1 rings (SSSR count). The first kappa shape index (κ1) is 17.2. The fourth-order valence-corrected chi connectivity index (χ4v) is 2.77. The standard InChI is InChI=1S/C15H22F3NS/c1-3-4-5-8-12(2)20-11-19-14-10-7-6-9-13(14)15(16,17)18/h6-7,9-10,12,19H,3-5,8,11H2,1-2H3/t12-/m0/s1. The van der Waals surface area contributed by atoms with Gasteiger partial charge in [0.2, 0.25) is 0 Å². The molecule has 1 aromatic rings. The Morgan fingerprint density at radius 1 is 1.20 bits per heavy atom. The van der Waals surface area contributed by atoms with Crippen molar-refractivity contribution in [3.8, 4) is 0 Å². The van der Waals surface area contributed by atoms with E-state index in [0.29, 0.717) is 11.1 Å². The molecule has 0 unspecified atom stereocenters. The van der Waals surface area contributed by atoms with Gasteiger partial charge in [0.25, 0.3) is 0 Å². The predicted molar refractivity (Wildman–Crippen MR) is 81.1 cm³/mol. The summed E-state index contributed by atoms with van der Waals surface area (Å²) in [5, 5.41) is 3.35. The van der Waals surface area contributed by atoms with Crippen LogP contribution in [-0.4, -0.2) is 11.1 Å². The number of alkyl halides is 3. The van der Waals surface area contributed by atoms with E-state index in [2.05, 4.69) is 19.2 Å². The molecule has 0 bridgehead atoms. The zero-order valence-electron chi connectivity index (χ0n) is 12.0. The average Bonchev–Trinajstić information content (AvgIpc) is 2.38. The highest BCUT2D eigenvalue weighted by Crippen LogP contribution is 2.34. The van der Waals surface area contributed by atoms with Crippen molar-refractivity contribution in [1.82, 2.24) is 0 Å². The highest BCUT2D eigenvalue weighted by atomic mass is 32.2. The molecule has 0 saturated heterocycles. The van der Waals surface area contributed by atoms with Crippen LogP contribution in [0.5, 0.6) is 0 Å². The van der Waals surface area contributed by atoms with Crippen molar-refractivity contribution in [1.29, 1.82) is 0 Å². The molecular formula is C15H22F3NS. The van der Waals surface area contributed by atoms with Gasteiger partial charge in [-0.25, -0.2) is 0 Å². The van der Waals surface area contributed by atoms with Gasteiger partial charge < -0.3 is 5.32 Å². The summed E-state index contributed by atoms with van der Waals surface area (Å²) >= 11 is 1.66. The number of rotatable bonds is 8. The second-order valence-corrected chi connectivity index (χ2v) is 6.26. The molecule has 5 heteroatoms. The average molecular weight is 305 g/mol. The third-order valence-corrected chi connectivity index (χ3v) is 4.19. The van der Waals surface area contributed by atoms with Crippen LogP contribution in [0, 0.1) is 0 Å². The molecule has 114 valence electrons. The lowest BCUT2D eigenvalue weighted by molar-refractivity contribution is -0.136. The van der Waals surface area contributed by atoms with Crippen molar-refractivity contribution < 1.29 is 13.2 Å². The Bertz CT molecular complexity index is 393. The van der Waals surface area contributed by atoms with Crippen molar-refractivity contribution in [3.05, 3.63) is 29.8 Å². The van der Waals surface area contributed by atoms with Gasteiger partial charge in [0.05, 0.1) is 11.4 Å². The molecule has 0 aliphatic rings. The Labute approximate surface area is 123 Å². The predicted octanol–water partition coefficient (Wildman–Crippen LogP) is 5.78. The molecule has 0 fully saturated rings. The van der Waals surface area contributed by atoms with E-state index in [1.165, 1.54) is 31.4 Å². The summed E-state index contributed by atoms with van der Waals surface area (Å²) in [6.07, 6.45) is 0.399. The quantitative estimate of drug-likeness (QED) is 0.483. The van der Waals surface area contributed by atoms with E-state index < -0.39 is 11.7 Å². The highest BCUT2D eigenvalue weighted by Gasteiger charge is 2.32. The van der Waals surface area contributed by atoms with E-state index in [1.54, 1.807) is 17.8 Å². The second kappa shape index (κ2) is 8.45. The van der Waals surface area contributed by atoms with Crippen LogP contribution in [0.25, 0.3) is 0 Å². The number of hydrogen-bond donors (Lipinski definition) is 1. The number of thioether (sulfide) groups is 1. The van der Waals surface area contributed by atoms with E-state index in [1.807, 2.05) is 0 Å². The summed E-state index contributed by atoms with van der Waals surface area (Å²) in [6.45, 7) is 4.28. The van der Waals surface area contributed by atoms with Crippen molar-refractivity contribution in [2.75, 3.05) is 11.2 Å². The van der Waals surface area contributed by atoms with Gasteiger partial charge in [-0.15, -0.1) is 11.8 Å². The molecule has 1 aromatic carbocycles. The van der Waals surface area contributed by atoms with Gasteiger partial charge in [0.1, 0.15) is 0 Å². The normalized spacial score (nSPS) is 13.2. The monoisotopic (exact) mass is 305 g/mol. The topological polar surface area (TPSA) is 12.0 Å². The van der Waals surface area contributed by atoms with Gasteiger partial charge in [-0.3, -0.25) is 0 Å². The van der Waals surface area contributed by atoms with Crippen LogP contribution >= 0.6 is 11.8 Å². The van der Waals surface area contributed by atoms with Gasteiger partial charge in [-0.2, -0.15) is 13.2 Å². The van der Waals surface area contributed by atoms with Gasteiger partial charge in [-0.1, -0.05) is 45.2 Å². The molecule has 1 N–H and O–H groups in total. The van der Waals surface area contributed by atoms with Crippen LogP contribution in [-0.2, 0) is 6.18 Å². The van der Waals surface area contributed by atoms with E-state index >= 15 is 0 Å². The number of nitrogens with one attached hydrogen (secondary N) is 1. The SMILES string of the molecule is CCCCC[C@H](C)SCNc1ccccc1C(F)(F)F. The molecule has 0 saturated carbocycles. The highest BCUT2D eigenvalue weighted by molar-refractivity contribution is 7.99. The van der Waals surface area contributed by atoms with Crippen LogP contribution in [0.15, 0.2) is 24.3 Å². The first-order chi connectivity index (χ1) is 9.45. The Morgan fingerprint density at radius 2 is 1.90 bits per heavy atom. The summed E-state index contributed by atoms with van der Waals surface area (Å²) in [5.74, 6) is 0.500. The van der Waals surface area contributed by atoms with Crippen molar-refractivity contribution in [2.24, 2.45) is 0 Å². The molecule has 1 atom stereocenters. The molecule has 0 spiro atoms. The van der Waals surface area contributed by atoms with Crippen molar-refractivity contribution in [2.45, 2.75) is 51.0 Å². The Hall–Kier alpha value is -0.840. The lowest BCUT2D eigenvalue weighted by Gasteiger charge is -2.16. The number of anilines is 1. The number of unbranched alkanes of at least 4 members (excludes halogenated alkanes) is 2. The molecular weight excluding hydrogens is 283 g/mol. The minimum Gasteiger partial charge on any atom is -0.376 e. The van der Waals surface area contributed by atoms with Gasteiger partial charge in [0.15, 0.2) is 0 Å². The smallest absolute Gasteiger partial charge is 0.376 e. The molecule has 0 aromatic heterocycles. The molecule has 0 amide bonds. The van der Waals surface area contributed by atoms with Crippen LogP contribution < -0.4 is 5.32 Å². The van der Waals surface area contributed by atoms with Crippen LogP contribution in [0.2, 0.25) is 0 Å². The largest absolute Gasteiger partial charge is 0.418 e. The van der Waals surface area contributed by atoms with E-state index in [4.69, 9.17) is 0 Å². The van der Waals surface area contributed by atoms with Gasteiger partial charge >= 0.3 is 6.18 Å². The summed E-state index contributed by atoms with van der Waals surface area (Å²) < 4.78 is 38.4. The maximum Gasteiger partial charge on any atom is 0.418 e. The number of halogens is 3. The van der Waals surface area contributed by atoms with Crippen LogP contribution in [0.4, 0.5) is 18.9 Å². The Morgan fingerprint density at radius 3 is 2.55 bits per heavy atom. The zero-order chi connectivity index (χ0) is 15.0. The third-order valence-electron chi connectivity index (χ3n) is 3.08. The maximum absolute atomic E-state index is 12.8. The molecule has 0 aliphatic carbocycles. The van der Waals surface area contributed by atoms with Crippen LogP contribution in [0.3, 0.4) is 0 Å². The van der Waals surface area contributed by atoms with Crippen molar-refractivity contribution in [3.63, 3.8) is 0 Å². The minimum absolute atomic E-state index is 0.160. The lowest BCUT2D eigenvalue weighted by Crippen LogP contribution is -2.11. The van der Waals surface area contributed by atoms with Crippen LogP contribution in [0.1, 0.15) is 45.1 Å². The second-order valence-electron chi connectivity index (χ2n) is 4.84. The summed E-state index contributed by atoms with van der Waals surface area (Å²) in [5.41, 5.74) is -0.438. The first-order valence-electron chi connectivity index (χ1n) is 6.96. The van der Waals surface area contributed by atoms with Crippen molar-refractivity contribution >= 4 is 17.4 Å². The van der Waals surface area contributed by atoms with E-state index in [9.17, 15) is 13.2 Å². The molecule has 1 nitrogen and oxygen atoms in total.